The Labute approximate surface area is 115 Å². The standard InChI is InChI=1S/C16H23NO2/c1-5-14(16(18)19-4)9-10-17-13(3)15-8-6-7-12(2)11-15/h6-9,11,13,17H,5,10H2,1-4H3/b14-9-/t13-/m1/s1. The van der Waals surface area contributed by atoms with Crippen molar-refractivity contribution in [3.8, 4) is 0 Å². The van der Waals surface area contributed by atoms with E-state index in [1.165, 1.54) is 18.2 Å². The van der Waals surface area contributed by atoms with Crippen LogP contribution in [0.4, 0.5) is 0 Å². The number of hydrogen-bond acceptors (Lipinski definition) is 3. The van der Waals surface area contributed by atoms with E-state index in [2.05, 4.69) is 43.4 Å². The molecule has 1 N–H and O–H groups in total. The molecule has 0 saturated heterocycles. The first-order chi connectivity index (χ1) is 9.08. The summed E-state index contributed by atoms with van der Waals surface area (Å²) in [5, 5.41) is 3.39. The summed E-state index contributed by atoms with van der Waals surface area (Å²) in [6.45, 7) is 6.81. The summed E-state index contributed by atoms with van der Waals surface area (Å²) in [5.74, 6) is -0.243. The Kier molecular flexibility index (Phi) is 6.30. The zero-order valence-corrected chi connectivity index (χ0v) is 12.2. The first kappa shape index (κ1) is 15.4. The molecule has 0 aliphatic carbocycles. The number of ether oxygens (including phenoxy) is 1. The lowest BCUT2D eigenvalue weighted by Crippen LogP contribution is -2.19. The van der Waals surface area contributed by atoms with E-state index in [0.29, 0.717) is 18.5 Å². The van der Waals surface area contributed by atoms with Gasteiger partial charge in [0.05, 0.1) is 7.11 Å². The molecule has 0 spiro atoms. The molecule has 0 bridgehead atoms. The third-order valence-electron chi connectivity index (χ3n) is 3.14. The Bertz CT molecular complexity index is 452. The van der Waals surface area contributed by atoms with Gasteiger partial charge in [-0.15, -0.1) is 0 Å². The van der Waals surface area contributed by atoms with E-state index >= 15 is 0 Å². The number of methoxy groups -OCH3 is 1. The van der Waals surface area contributed by atoms with Gasteiger partial charge in [0.15, 0.2) is 0 Å². The molecule has 1 aromatic rings. The molecule has 0 unspecified atom stereocenters. The predicted molar refractivity (Wildman–Crippen MR) is 78.0 cm³/mol. The topological polar surface area (TPSA) is 38.3 Å². The van der Waals surface area contributed by atoms with E-state index in [9.17, 15) is 4.79 Å². The third-order valence-corrected chi connectivity index (χ3v) is 3.14. The molecular formula is C16H23NO2. The normalized spacial score (nSPS) is 13.2. The Balaban J connectivity index is 2.57. The second-order valence-electron chi connectivity index (χ2n) is 4.62. The summed E-state index contributed by atoms with van der Waals surface area (Å²) in [6, 6.07) is 8.68. The first-order valence-electron chi connectivity index (χ1n) is 6.65. The summed E-state index contributed by atoms with van der Waals surface area (Å²) < 4.78 is 4.73. The van der Waals surface area contributed by atoms with E-state index in [1.54, 1.807) is 0 Å². The quantitative estimate of drug-likeness (QED) is 0.631. The van der Waals surface area contributed by atoms with E-state index in [4.69, 9.17) is 4.74 Å². The first-order valence-corrected chi connectivity index (χ1v) is 6.65. The molecule has 0 radical (unpaired) electrons. The van der Waals surface area contributed by atoms with Crippen LogP contribution in [0.25, 0.3) is 0 Å². The van der Waals surface area contributed by atoms with Crippen LogP contribution in [-0.4, -0.2) is 19.6 Å². The minimum absolute atomic E-state index is 0.243. The fourth-order valence-electron chi connectivity index (χ4n) is 1.92. The van der Waals surface area contributed by atoms with Crippen LogP contribution >= 0.6 is 0 Å². The Hall–Kier alpha value is -1.61. The van der Waals surface area contributed by atoms with Gasteiger partial charge in [0.1, 0.15) is 0 Å². The molecule has 0 heterocycles. The lowest BCUT2D eigenvalue weighted by molar-refractivity contribution is -0.136. The average molecular weight is 261 g/mol. The number of hydrogen-bond donors (Lipinski definition) is 1. The molecule has 3 heteroatoms. The van der Waals surface area contributed by atoms with Gasteiger partial charge in [-0.1, -0.05) is 42.8 Å². The number of benzene rings is 1. The van der Waals surface area contributed by atoms with E-state index in [-0.39, 0.29) is 12.0 Å². The molecule has 0 saturated carbocycles. The number of nitrogens with one attached hydrogen (secondary N) is 1. The highest BCUT2D eigenvalue weighted by Gasteiger charge is 2.07. The van der Waals surface area contributed by atoms with Gasteiger partial charge in [-0.05, 0) is 25.8 Å². The van der Waals surface area contributed by atoms with Gasteiger partial charge >= 0.3 is 5.97 Å². The number of esters is 1. The molecule has 3 nitrogen and oxygen atoms in total. The second kappa shape index (κ2) is 7.74. The lowest BCUT2D eigenvalue weighted by Gasteiger charge is -2.14. The zero-order chi connectivity index (χ0) is 14.3. The maximum absolute atomic E-state index is 11.4. The molecule has 0 aromatic heterocycles. The molecule has 1 atom stereocenters. The van der Waals surface area contributed by atoms with Gasteiger partial charge in [0, 0.05) is 18.2 Å². The summed E-state index contributed by atoms with van der Waals surface area (Å²) in [4.78, 5) is 11.4. The smallest absolute Gasteiger partial charge is 0.333 e. The van der Waals surface area contributed by atoms with Gasteiger partial charge in [0.2, 0.25) is 0 Å². The second-order valence-corrected chi connectivity index (χ2v) is 4.62. The van der Waals surface area contributed by atoms with Crippen molar-refractivity contribution >= 4 is 5.97 Å². The highest BCUT2D eigenvalue weighted by Crippen LogP contribution is 2.13. The molecule has 104 valence electrons. The van der Waals surface area contributed by atoms with Crippen molar-refractivity contribution in [1.29, 1.82) is 0 Å². The SMILES string of the molecule is CC/C(=C/CN[C@H](C)c1cccc(C)c1)C(=O)OC. The van der Waals surface area contributed by atoms with Crippen molar-refractivity contribution in [3.63, 3.8) is 0 Å². The Morgan fingerprint density at radius 1 is 1.47 bits per heavy atom. The predicted octanol–water partition coefficient (Wildman–Crippen LogP) is 3.16. The maximum Gasteiger partial charge on any atom is 0.333 e. The van der Waals surface area contributed by atoms with Gasteiger partial charge in [-0.25, -0.2) is 4.79 Å². The number of carbonyl (C=O) groups is 1. The van der Waals surface area contributed by atoms with Crippen molar-refractivity contribution < 1.29 is 9.53 Å². The molecule has 0 fully saturated rings. The Morgan fingerprint density at radius 2 is 2.21 bits per heavy atom. The highest BCUT2D eigenvalue weighted by molar-refractivity contribution is 5.88. The molecule has 19 heavy (non-hydrogen) atoms. The molecule has 0 amide bonds. The summed E-state index contributed by atoms with van der Waals surface area (Å²) >= 11 is 0. The lowest BCUT2D eigenvalue weighted by atomic mass is 10.1. The van der Waals surface area contributed by atoms with Crippen molar-refractivity contribution in [3.05, 3.63) is 47.0 Å². The molecule has 0 aliphatic heterocycles. The van der Waals surface area contributed by atoms with E-state index in [0.717, 1.165) is 0 Å². The van der Waals surface area contributed by atoms with Gasteiger partial charge in [0.25, 0.3) is 0 Å². The number of aryl methyl sites for hydroxylation is 1. The van der Waals surface area contributed by atoms with Gasteiger partial charge in [-0.2, -0.15) is 0 Å². The van der Waals surface area contributed by atoms with Gasteiger partial charge in [-0.3, -0.25) is 0 Å². The fraction of sp³-hybridized carbons (Fsp3) is 0.438. The summed E-state index contributed by atoms with van der Waals surface area (Å²) in [7, 11) is 1.41. The van der Waals surface area contributed by atoms with E-state index in [1.807, 2.05) is 13.0 Å². The van der Waals surface area contributed by atoms with Crippen LogP contribution in [0.5, 0.6) is 0 Å². The van der Waals surface area contributed by atoms with Crippen LogP contribution in [0, 0.1) is 6.92 Å². The van der Waals surface area contributed by atoms with Crippen LogP contribution in [-0.2, 0) is 9.53 Å². The Morgan fingerprint density at radius 3 is 2.79 bits per heavy atom. The monoisotopic (exact) mass is 261 g/mol. The van der Waals surface area contributed by atoms with Crippen molar-refractivity contribution in [1.82, 2.24) is 5.32 Å². The molecule has 1 rings (SSSR count). The molecule has 1 aromatic carbocycles. The number of rotatable bonds is 6. The third kappa shape index (κ3) is 4.87. The molecule has 0 aliphatic rings. The van der Waals surface area contributed by atoms with Crippen molar-refractivity contribution in [2.24, 2.45) is 0 Å². The van der Waals surface area contributed by atoms with Crippen LogP contribution in [0.2, 0.25) is 0 Å². The molecular weight excluding hydrogens is 238 g/mol. The fourth-order valence-corrected chi connectivity index (χ4v) is 1.92. The van der Waals surface area contributed by atoms with Crippen LogP contribution in [0.15, 0.2) is 35.9 Å². The zero-order valence-electron chi connectivity index (χ0n) is 12.2. The minimum atomic E-state index is -0.243. The van der Waals surface area contributed by atoms with Crippen molar-refractivity contribution in [2.45, 2.75) is 33.2 Å². The maximum atomic E-state index is 11.4. The summed E-state index contributed by atoms with van der Waals surface area (Å²) in [5.41, 5.74) is 3.22. The minimum Gasteiger partial charge on any atom is -0.466 e. The average Bonchev–Trinajstić information content (AvgIpc) is 2.42. The van der Waals surface area contributed by atoms with Crippen LogP contribution in [0.1, 0.15) is 37.4 Å². The van der Waals surface area contributed by atoms with Crippen LogP contribution < -0.4 is 5.32 Å². The highest BCUT2D eigenvalue weighted by atomic mass is 16.5. The van der Waals surface area contributed by atoms with E-state index < -0.39 is 0 Å². The van der Waals surface area contributed by atoms with Gasteiger partial charge < -0.3 is 10.1 Å². The summed E-state index contributed by atoms with van der Waals surface area (Å²) in [6.07, 6.45) is 2.59. The van der Waals surface area contributed by atoms with Crippen LogP contribution in [0.3, 0.4) is 0 Å². The number of carbonyl (C=O) groups excluding carboxylic acids is 1. The van der Waals surface area contributed by atoms with Crippen molar-refractivity contribution in [2.75, 3.05) is 13.7 Å². The largest absolute Gasteiger partial charge is 0.466 e.